The van der Waals surface area contributed by atoms with Gasteiger partial charge in [-0.25, -0.2) is 9.97 Å². The Morgan fingerprint density at radius 3 is 2.48 bits per heavy atom. The summed E-state index contributed by atoms with van der Waals surface area (Å²) in [7, 11) is 0. The fourth-order valence-electron chi connectivity index (χ4n) is 1.82. The second kappa shape index (κ2) is 5.28. The van der Waals surface area contributed by atoms with Gasteiger partial charge in [0.1, 0.15) is 6.33 Å². The maximum atomic E-state index is 12.6. The summed E-state index contributed by atoms with van der Waals surface area (Å²) in [5.74, 6) is 0. The smallest absolute Gasteiger partial charge is 0.258 e. The lowest BCUT2D eigenvalue weighted by Gasteiger charge is -2.11. The zero-order chi connectivity index (χ0) is 15.8. The number of benzene rings is 1. The van der Waals surface area contributed by atoms with Crippen molar-refractivity contribution < 1.29 is 18.1 Å². The van der Waals surface area contributed by atoms with E-state index in [0.717, 1.165) is 24.5 Å². The van der Waals surface area contributed by atoms with E-state index in [2.05, 4.69) is 9.97 Å². The molecule has 0 aliphatic rings. The maximum Gasteiger partial charge on any atom is 0.416 e. The number of nitro groups is 1. The molecule has 5 nitrogen and oxygen atoms in total. The van der Waals surface area contributed by atoms with Crippen LogP contribution in [0, 0.1) is 17.0 Å². The van der Waals surface area contributed by atoms with Crippen molar-refractivity contribution in [2.75, 3.05) is 0 Å². The van der Waals surface area contributed by atoms with Gasteiger partial charge in [0.2, 0.25) is 5.15 Å². The Morgan fingerprint density at radius 1 is 1.29 bits per heavy atom. The number of hydrogen-bond donors (Lipinski definition) is 0. The average Bonchev–Trinajstić information content (AvgIpc) is 2.36. The largest absolute Gasteiger partial charge is 0.416 e. The molecule has 1 aromatic heterocycles. The predicted octanol–water partition coefficient (Wildman–Crippen LogP) is 4.03. The highest BCUT2D eigenvalue weighted by Crippen LogP contribution is 2.37. The first kappa shape index (κ1) is 15.2. The molecule has 0 saturated carbocycles. The maximum absolute atomic E-state index is 12.6. The predicted molar refractivity (Wildman–Crippen MR) is 68.9 cm³/mol. The molecule has 0 amide bonds. The van der Waals surface area contributed by atoms with Crippen molar-refractivity contribution in [1.29, 1.82) is 0 Å². The Balaban J connectivity index is 2.64. The van der Waals surface area contributed by atoms with E-state index < -0.39 is 22.4 Å². The third-order valence-electron chi connectivity index (χ3n) is 2.77. The summed E-state index contributed by atoms with van der Waals surface area (Å²) in [6.07, 6.45) is -3.47. The number of nitrogens with zero attached hydrogens (tertiary/aromatic N) is 3. The Bertz CT molecular complexity index is 719. The van der Waals surface area contributed by atoms with Crippen molar-refractivity contribution >= 4 is 17.3 Å². The number of halogens is 4. The summed E-state index contributed by atoms with van der Waals surface area (Å²) in [4.78, 5) is 17.5. The van der Waals surface area contributed by atoms with E-state index in [1.807, 2.05) is 0 Å². The summed E-state index contributed by atoms with van der Waals surface area (Å²) in [6, 6.07) is 2.86. The van der Waals surface area contributed by atoms with E-state index in [0.29, 0.717) is 0 Å². The van der Waals surface area contributed by atoms with Crippen molar-refractivity contribution in [1.82, 2.24) is 9.97 Å². The van der Waals surface area contributed by atoms with Crippen LogP contribution in [-0.2, 0) is 6.18 Å². The molecule has 0 radical (unpaired) electrons. The van der Waals surface area contributed by atoms with Gasteiger partial charge < -0.3 is 0 Å². The topological polar surface area (TPSA) is 68.9 Å². The summed E-state index contributed by atoms with van der Waals surface area (Å²) in [6.45, 7) is 1.41. The molecule has 0 saturated heterocycles. The van der Waals surface area contributed by atoms with Gasteiger partial charge in [0.25, 0.3) is 0 Å². The van der Waals surface area contributed by atoms with Gasteiger partial charge >= 0.3 is 11.9 Å². The minimum atomic E-state index is -4.49. The second-order valence-corrected chi connectivity index (χ2v) is 4.50. The van der Waals surface area contributed by atoms with Crippen molar-refractivity contribution in [2.24, 2.45) is 0 Å². The van der Waals surface area contributed by atoms with Gasteiger partial charge in [0, 0.05) is 5.56 Å². The molecule has 0 N–H and O–H groups in total. The number of aromatic nitrogens is 2. The monoisotopic (exact) mass is 317 g/mol. The van der Waals surface area contributed by atoms with Crippen LogP contribution >= 0.6 is 11.6 Å². The Morgan fingerprint density at radius 2 is 1.95 bits per heavy atom. The second-order valence-electron chi connectivity index (χ2n) is 4.15. The van der Waals surface area contributed by atoms with E-state index in [9.17, 15) is 23.3 Å². The van der Waals surface area contributed by atoms with Crippen LogP contribution in [0.15, 0.2) is 24.5 Å². The first-order valence-electron chi connectivity index (χ1n) is 5.55. The van der Waals surface area contributed by atoms with Crippen molar-refractivity contribution in [3.63, 3.8) is 0 Å². The fraction of sp³-hybridized carbons (Fsp3) is 0.167. The third-order valence-corrected chi connectivity index (χ3v) is 3.05. The number of rotatable bonds is 2. The van der Waals surface area contributed by atoms with Gasteiger partial charge in [0.05, 0.1) is 10.5 Å². The fourth-order valence-corrected chi connectivity index (χ4v) is 2.02. The van der Waals surface area contributed by atoms with Gasteiger partial charge in [-0.15, -0.1) is 0 Å². The van der Waals surface area contributed by atoms with Crippen LogP contribution in [0.5, 0.6) is 0 Å². The normalized spacial score (nSPS) is 11.5. The molecule has 1 aromatic carbocycles. The quantitative estimate of drug-likeness (QED) is 0.476. The summed E-state index contributed by atoms with van der Waals surface area (Å²) < 4.78 is 37.9. The molecule has 21 heavy (non-hydrogen) atoms. The summed E-state index contributed by atoms with van der Waals surface area (Å²) in [5, 5.41) is 10.6. The molecule has 0 bridgehead atoms. The van der Waals surface area contributed by atoms with Crippen molar-refractivity contribution in [3.05, 3.63) is 50.9 Å². The molecular weight excluding hydrogens is 311 g/mol. The van der Waals surface area contributed by atoms with Crippen LogP contribution < -0.4 is 0 Å². The third kappa shape index (κ3) is 2.94. The highest BCUT2D eigenvalue weighted by Gasteiger charge is 2.31. The summed E-state index contributed by atoms with van der Waals surface area (Å²) in [5.41, 5.74) is -1.11. The Labute approximate surface area is 121 Å². The zero-order valence-electron chi connectivity index (χ0n) is 10.5. The Kier molecular flexibility index (Phi) is 3.82. The van der Waals surface area contributed by atoms with Crippen LogP contribution in [0.25, 0.3) is 11.3 Å². The minimum absolute atomic E-state index is 0.119. The molecule has 0 fully saturated rings. The Hall–Kier alpha value is -2.22. The molecule has 0 aliphatic heterocycles. The highest BCUT2D eigenvalue weighted by molar-refractivity contribution is 6.31. The van der Waals surface area contributed by atoms with Gasteiger partial charge in [-0.05, 0) is 24.6 Å². The van der Waals surface area contributed by atoms with Crippen LogP contribution in [0.2, 0.25) is 5.15 Å². The van der Waals surface area contributed by atoms with Gasteiger partial charge in [0.15, 0.2) is 5.69 Å². The molecule has 2 rings (SSSR count). The molecule has 0 atom stereocenters. The standard InChI is InChI=1S/C12H7ClF3N3O2/c1-6-4-7(12(14,15)16)2-3-8(6)9-10(19(20)21)11(13)18-5-17-9/h2-5H,1H3. The molecule has 2 aromatic rings. The molecule has 0 spiro atoms. The lowest BCUT2D eigenvalue weighted by atomic mass is 10.0. The van der Waals surface area contributed by atoms with E-state index in [1.54, 1.807) is 0 Å². The van der Waals surface area contributed by atoms with Crippen LogP contribution in [0.4, 0.5) is 18.9 Å². The van der Waals surface area contributed by atoms with E-state index in [-0.39, 0.29) is 22.0 Å². The molecule has 0 unspecified atom stereocenters. The van der Waals surface area contributed by atoms with Crippen molar-refractivity contribution in [2.45, 2.75) is 13.1 Å². The SMILES string of the molecule is Cc1cc(C(F)(F)F)ccc1-c1ncnc(Cl)c1[N+](=O)[O-]. The molecule has 0 aliphatic carbocycles. The highest BCUT2D eigenvalue weighted by atomic mass is 35.5. The molecule has 110 valence electrons. The zero-order valence-corrected chi connectivity index (χ0v) is 11.2. The van der Waals surface area contributed by atoms with E-state index in [1.165, 1.54) is 6.92 Å². The first-order chi connectivity index (χ1) is 9.71. The lowest BCUT2D eigenvalue weighted by molar-refractivity contribution is -0.384. The molecule has 1 heterocycles. The van der Waals surface area contributed by atoms with Gasteiger partial charge in [-0.3, -0.25) is 10.1 Å². The number of aryl methyl sites for hydroxylation is 1. The average molecular weight is 318 g/mol. The van der Waals surface area contributed by atoms with Gasteiger partial charge in [-0.1, -0.05) is 17.7 Å². The minimum Gasteiger partial charge on any atom is -0.258 e. The number of hydrogen-bond acceptors (Lipinski definition) is 4. The number of alkyl halides is 3. The first-order valence-corrected chi connectivity index (χ1v) is 5.92. The molecule has 9 heteroatoms. The van der Waals surface area contributed by atoms with Gasteiger partial charge in [-0.2, -0.15) is 13.2 Å². The van der Waals surface area contributed by atoms with Crippen LogP contribution in [0.3, 0.4) is 0 Å². The van der Waals surface area contributed by atoms with Crippen LogP contribution in [-0.4, -0.2) is 14.9 Å². The van der Waals surface area contributed by atoms with E-state index in [4.69, 9.17) is 11.6 Å². The lowest BCUT2D eigenvalue weighted by Crippen LogP contribution is -2.06. The molecular formula is C12H7ClF3N3O2. The summed E-state index contributed by atoms with van der Waals surface area (Å²) >= 11 is 5.66. The van der Waals surface area contributed by atoms with E-state index >= 15 is 0 Å². The van der Waals surface area contributed by atoms with Crippen LogP contribution in [0.1, 0.15) is 11.1 Å². The van der Waals surface area contributed by atoms with Crippen molar-refractivity contribution in [3.8, 4) is 11.3 Å².